The van der Waals surface area contributed by atoms with Crippen LogP contribution in [0.2, 0.25) is 0 Å². The Bertz CT molecular complexity index is 365. The van der Waals surface area contributed by atoms with E-state index in [-0.39, 0.29) is 11.6 Å². The highest BCUT2D eigenvalue weighted by Gasteiger charge is 2.35. The molecule has 1 saturated heterocycles. The second kappa shape index (κ2) is 7.18. The lowest BCUT2D eigenvalue weighted by Gasteiger charge is -2.43. The number of carbonyl (C=O) groups excluding carboxylic acids is 1. The van der Waals surface area contributed by atoms with Gasteiger partial charge in [-0.05, 0) is 45.6 Å². The van der Waals surface area contributed by atoms with Crippen molar-refractivity contribution in [1.29, 1.82) is 0 Å². The van der Waals surface area contributed by atoms with Crippen molar-refractivity contribution in [3.8, 4) is 0 Å². The fourth-order valence-corrected chi connectivity index (χ4v) is 3.48. The number of hydrogen-bond donors (Lipinski definition) is 2. The number of piperazine rings is 1. The van der Waals surface area contributed by atoms with Crippen LogP contribution in [0.25, 0.3) is 0 Å². The van der Waals surface area contributed by atoms with Gasteiger partial charge in [-0.2, -0.15) is 0 Å². The van der Waals surface area contributed by atoms with Gasteiger partial charge >= 0.3 is 6.03 Å². The summed E-state index contributed by atoms with van der Waals surface area (Å²) < 4.78 is 0. The first kappa shape index (κ1) is 17.5. The topological polar surface area (TPSA) is 47.6 Å². The molecule has 0 unspecified atom stereocenters. The van der Waals surface area contributed by atoms with Gasteiger partial charge in [0.2, 0.25) is 0 Å². The summed E-state index contributed by atoms with van der Waals surface area (Å²) in [6, 6.07) is -0.0121. The summed E-state index contributed by atoms with van der Waals surface area (Å²) >= 11 is 0. The zero-order chi connectivity index (χ0) is 16.2. The molecule has 2 amide bonds. The highest BCUT2D eigenvalue weighted by molar-refractivity contribution is 5.74. The van der Waals surface area contributed by atoms with Gasteiger partial charge in [0.1, 0.15) is 0 Å². The first-order valence-corrected chi connectivity index (χ1v) is 8.82. The Hall–Kier alpha value is -0.810. The van der Waals surface area contributed by atoms with Crippen molar-refractivity contribution in [3.05, 3.63) is 0 Å². The van der Waals surface area contributed by atoms with Gasteiger partial charge in [-0.3, -0.25) is 4.90 Å². The SMILES string of the molecule is CCC1(CNC(=O)NCC(C)(C)N2CCN(C)CC2)CCC1. The second-order valence-electron chi connectivity index (χ2n) is 7.85. The van der Waals surface area contributed by atoms with Crippen LogP contribution in [0, 0.1) is 5.41 Å². The summed E-state index contributed by atoms with van der Waals surface area (Å²) in [6.45, 7) is 12.6. The van der Waals surface area contributed by atoms with Crippen molar-refractivity contribution in [2.75, 3.05) is 46.3 Å². The smallest absolute Gasteiger partial charge is 0.314 e. The minimum Gasteiger partial charge on any atom is -0.338 e. The van der Waals surface area contributed by atoms with E-state index in [9.17, 15) is 4.79 Å². The number of rotatable bonds is 6. The molecule has 0 spiro atoms. The van der Waals surface area contributed by atoms with Gasteiger partial charge in [-0.25, -0.2) is 4.79 Å². The molecular formula is C17H34N4O. The predicted molar refractivity (Wildman–Crippen MR) is 91.1 cm³/mol. The van der Waals surface area contributed by atoms with Gasteiger partial charge in [0.15, 0.2) is 0 Å². The standard InChI is InChI=1S/C17H34N4O/c1-5-17(7-6-8-17)14-19-15(22)18-13-16(2,3)21-11-9-20(4)10-12-21/h5-14H2,1-4H3,(H2,18,19,22). The summed E-state index contributed by atoms with van der Waals surface area (Å²) in [6.07, 6.45) is 5.00. The first-order chi connectivity index (χ1) is 10.4. The lowest BCUT2D eigenvalue weighted by molar-refractivity contribution is 0.0630. The average Bonchev–Trinajstić information content (AvgIpc) is 2.45. The molecule has 22 heavy (non-hydrogen) atoms. The Morgan fingerprint density at radius 3 is 2.27 bits per heavy atom. The molecular weight excluding hydrogens is 276 g/mol. The van der Waals surface area contributed by atoms with Gasteiger partial charge in [-0.15, -0.1) is 0 Å². The Morgan fingerprint density at radius 2 is 1.77 bits per heavy atom. The number of amides is 2. The molecule has 5 heteroatoms. The Morgan fingerprint density at radius 1 is 1.14 bits per heavy atom. The third-order valence-electron chi connectivity index (χ3n) is 5.83. The van der Waals surface area contributed by atoms with Crippen LogP contribution < -0.4 is 10.6 Å². The van der Waals surface area contributed by atoms with E-state index < -0.39 is 0 Å². The third-order valence-corrected chi connectivity index (χ3v) is 5.83. The van der Waals surface area contributed by atoms with Crippen LogP contribution in [-0.2, 0) is 0 Å². The van der Waals surface area contributed by atoms with Crippen molar-refractivity contribution in [2.24, 2.45) is 5.41 Å². The molecule has 0 aromatic heterocycles. The normalized spacial score (nSPS) is 22.9. The molecule has 2 N–H and O–H groups in total. The maximum atomic E-state index is 12.1. The minimum atomic E-state index is -0.0121. The van der Waals surface area contributed by atoms with E-state index >= 15 is 0 Å². The van der Waals surface area contributed by atoms with Gasteiger partial charge in [-0.1, -0.05) is 13.3 Å². The van der Waals surface area contributed by atoms with Crippen LogP contribution in [0.1, 0.15) is 46.5 Å². The molecule has 5 nitrogen and oxygen atoms in total. The summed E-state index contributed by atoms with van der Waals surface area (Å²) in [5.74, 6) is 0. The van der Waals surface area contributed by atoms with Crippen LogP contribution in [-0.4, -0.2) is 67.7 Å². The van der Waals surface area contributed by atoms with Gasteiger partial charge in [0, 0.05) is 44.8 Å². The molecule has 2 aliphatic rings. The minimum absolute atomic E-state index is 0.0114. The van der Waals surface area contributed by atoms with Crippen LogP contribution in [0.4, 0.5) is 4.79 Å². The number of likely N-dealkylation sites (N-methyl/N-ethyl adjacent to an activating group) is 1. The van der Waals surface area contributed by atoms with Gasteiger partial charge in [0.25, 0.3) is 0 Å². The van der Waals surface area contributed by atoms with Crippen LogP contribution in [0.15, 0.2) is 0 Å². The van der Waals surface area contributed by atoms with Gasteiger partial charge < -0.3 is 15.5 Å². The molecule has 1 heterocycles. The molecule has 1 saturated carbocycles. The molecule has 2 rings (SSSR count). The highest BCUT2D eigenvalue weighted by atomic mass is 16.2. The number of urea groups is 1. The zero-order valence-electron chi connectivity index (χ0n) is 14.9. The lowest BCUT2D eigenvalue weighted by Crippen LogP contribution is -2.58. The fourth-order valence-electron chi connectivity index (χ4n) is 3.48. The molecule has 0 aromatic rings. The summed E-state index contributed by atoms with van der Waals surface area (Å²) in [5, 5.41) is 6.15. The van der Waals surface area contributed by atoms with E-state index in [0.717, 1.165) is 32.7 Å². The van der Waals surface area contributed by atoms with E-state index in [1.807, 2.05) is 0 Å². The first-order valence-electron chi connectivity index (χ1n) is 8.82. The molecule has 0 atom stereocenters. The monoisotopic (exact) mass is 310 g/mol. The number of nitrogens with zero attached hydrogens (tertiary/aromatic N) is 2. The molecule has 0 radical (unpaired) electrons. The molecule has 1 aliphatic heterocycles. The molecule has 128 valence electrons. The lowest BCUT2D eigenvalue weighted by atomic mass is 9.67. The summed E-state index contributed by atoms with van der Waals surface area (Å²) in [7, 11) is 2.17. The van der Waals surface area contributed by atoms with Crippen molar-refractivity contribution < 1.29 is 4.79 Å². The predicted octanol–water partition coefficient (Wildman–Crippen LogP) is 1.89. The van der Waals surface area contributed by atoms with E-state index in [4.69, 9.17) is 0 Å². The van der Waals surface area contributed by atoms with E-state index in [1.165, 1.54) is 25.7 Å². The Kier molecular flexibility index (Phi) is 5.72. The number of nitrogens with one attached hydrogen (secondary N) is 2. The zero-order valence-corrected chi connectivity index (χ0v) is 14.9. The largest absolute Gasteiger partial charge is 0.338 e. The van der Waals surface area contributed by atoms with Crippen LogP contribution in [0.5, 0.6) is 0 Å². The molecule has 1 aliphatic carbocycles. The maximum absolute atomic E-state index is 12.1. The molecule has 0 bridgehead atoms. The van der Waals surface area contributed by atoms with E-state index in [0.29, 0.717) is 12.0 Å². The van der Waals surface area contributed by atoms with Crippen molar-refractivity contribution in [2.45, 2.75) is 52.0 Å². The number of carbonyl (C=O) groups is 1. The maximum Gasteiger partial charge on any atom is 0.314 e. The quantitative estimate of drug-likeness (QED) is 0.788. The van der Waals surface area contributed by atoms with Crippen molar-refractivity contribution in [3.63, 3.8) is 0 Å². The Labute approximate surface area is 135 Å². The molecule has 0 aromatic carbocycles. The third kappa shape index (κ3) is 4.35. The Balaban J connectivity index is 1.70. The highest BCUT2D eigenvalue weighted by Crippen LogP contribution is 2.42. The second-order valence-corrected chi connectivity index (χ2v) is 7.85. The van der Waals surface area contributed by atoms with Gasteiger partial charge in [0.05, 0.1) is 0 Å². The molecule has 2 fully saturated rings. The summed E-state index contributed by atoms with van der Waals surface area (Å²) in [4.78, 5) is 16.9. The fraction of sp³-hybridized carbons (Fsp3) is 0.941. The number of hydrogen-bond acceptors (Lipinski definition) is 3. The van der Waals surface area contributed by atoms with Crippen molar-refractivity contribution >= 4 is 6.03 Å². The average molecular weight is 310 g/mol. The summed E-state index contributed by atoms with van der Waals surface area (Å²) in [5.41, 5.74) is 0.391. The van der Waals surface area contributed by atoms with Crippen LogP contribution >= 0.6 is 0 Å². The van der Waals surface area contributed by atoms with E-state index in [2.05, 4.69) is 48.3 Å². The van der Waals surface area contributed by atoms with E-state index in [1.54, 1.807) is 0 Å². The van der Waals surface area contributed by atoms with Crippen molar-refractivity contribution in [1.82, 2.24) is 20.4 Å². The van der Waals surface area contributed by atoms with Crippen LogP contribution in [0.3, 0.4) is 0 Å².